The van der Waals surface area contributed by atoms with Crippen molar-refractivity contribution >= 4 is 82.9 Å². The molecule has 62 nitrogen and oxygen atoms in total. The Bertz CT molecular complexity index is 4060. The number of nitrogens with one attached hydrogen (secondary N) is 5. The Kier molecular flexibility index (Phi) is 68.7. The molecule has 2 aromatic rings. The summed E-state index contributed by atoms with van der Waals surface area (Å²) in [5.74, 6) is -19.5. The number of carboxylic acids is 3. The first kappa shape index (κ1) is 139. The van der Waals surface area contributed by atoms with Crippen molar-refractivity contribution in [2.75, 3.05) is 77.8 Å². The fourth-order valence-electron chi connectivity index (χ4n) is 12.2. The first-order chi connectivity index (χ1) is 60.3. The maximum absolute atomic E-state index is 12.7. The summed E-state index contributed by atoms with van der Waals surface area (Å²) in [7, 11) is -10.2. The van der Waals surface area contributed by atoms with Gasteiger partial charge in [0.25, 0.3) is 15.6 Å². The minimum absolute atomic E-state index is 0. The summed E-state index contributed by atoms with van der Waals surface area (Å²) in [6.45, 7) is 4.73. The normalized spacial score (nSPS) is 32.0. The molecule has 34 N–H and O–H groups in total. The molecule has 69 heteroatoms. The number of aliphatic hydroxyl groups is 21. The van der Waals surface area contributed by atoms with Crippen molar-refractivity contribution in [3.8, 4) is 0 Å². The number of nitrogens with two attached hydrogens (primary N) is 4. The van der Waals surface area contributed by atoms with Crippen LogP contribution in [0.2, 0.25) is 0 Å². The molecule has 0 bridgehead atoms. The smallest absolute Gasteiger partial charge is 0.756 e. The van der Waals surface area contributed by atoms with Crippen LogP contribution < -0.4 is 234 Å². The van der Waals surface area contributed by atoms with Crippen molar-refractivity contribution in [3.05, 3.63) is 45.5 Å². The van der Waals surface area contributed by atoms with Gasteiger partial charge in [0.05, 0.1) is 102 Å². The summed E-state index contributed by atoms with van der Waals surface area (Å²) >= 11 is 0. The van der Waals surface area contributed by atoms with Crippen molar-refractivity contribution in [1.82, 2.24) is 45.7 Å². The number of carbonyl (C=O) groups excluding carboxylic acids is 9. The molecule has 6 aliphatic rings. The van der Waals surface area contributed by atoms with Crippen molar-refractivity contribution in [2.45, 2.75) is 235 Å². The van der Waals surface area contributed by atoms with Gasteiger partial charge in [-0.1, -0.05) is 27.7 Å². The zero-order valence-electron chi connectivity index (χ0n) is 73.8. The number of phosphoric acid groups is 2. The van der Waals surface area contributed by atoms with Crippen LogP contribution in [0.4, 0.5) is 11.6 Å². The number of phosphoric ester groups is 2. The fourth-order valence-corrected chi connectivity index (χ4v) is 14.0. The quantitative estimate of drug-likeness (QED) is 0.0176. The number of ether oxygens (including phenoxy) is 6. The van der Waals surface area contributed by atoms with E-state index in [9.17, 15) is 169 Å². The van der Waals surface area contributed by atoms with E-state index in [0.29, 0.717) is 0 Å². The Morgan fingerprint density at radius 3 is 1.18 bits per heavy atom. The standard InChI is InChI=1S/C21H32N5O17P.C20H32N5O16P.C12H22N2O9.C6H13NO5.2C2H6.2CH2O.5Na/c22-11-1-2-26(20(37)24-11)18-16(34)15(33)10(41-18)6-40-44(38,39)43-21(19(35)36)3-8(29)13(25-12(31)4-23-7-28)17(42-21)14(32)9(30)5-27;21-4-11(29)24-12-7(27)3-20(18(33)34,40-16(12)13(30)8(28)5-26)41-42(36,37)38-6-9-14(31)15(32)17(39-9)25-2-1-10(22)23-19(25)35;1-13-3-7(18)14-8-5(16)2-12(22,11(20)21)23-10(8)9(19)6(17)4-15;7-3-5(10)4(9)2(1-8)12-6(3)11;4*1-2;;;;;/h1-2,7-10,13-18,27,29-30,32-34H,3-6H2,(H,23,28)(H,25,31)(H,35,36)(H,38,39)(H2,22,24,37);1-2,7-9,12-17,26-28,30-32H,3-6,21H2,(H,24,29)(H,33,34)(H,36,37)(H2,22,23,35);5-6,8-10,13,15-17,19,22H,2-4H2,1H3,(H,14,18)(H,20,21);2-6,8-11H,1,7H2;2*1-2H3;2*1H2;;;;;/q;;;;;;;;5*+1/p-5/t8?,9-,10?,13?,14-,15?,16?,17?,18?,21?;7?,8-,9?,12?,13-,14?,15?,16?,17?,20?;5?,6-,8?,9-,10?,12?;;;;;;;;;;/m111........../s1. The third-order valence-corrected chi connectivity index (χ3v) is 20.4. The van der Waals surface area contributed by atoms with E-state index in [1.807, 2.05) is 46.6 Å². The number of rotatable bonds is 34. The number of amides is 4. The minimum atomic E-state index is -5.87. The number of aliphatic hydroxyl groups excluding tert-OH is 20. The fraction of sp³-hybridized carbons (Fsp3) is 0.738. The molecule has 4 amide bonds. The van der Waals surface area contributed by atoms with Crippen LogP contribution in [0.15, 0.2) is 34.1 Å². The predicted octanol–water partition coefficient (Wildman–Crippen LogP) is -39.4. The Morgan fingerprint density at radius 2 is 0.873 bits per heavy atom. The van der Waals surface area contributed by atoms with Gasteiger partial charge in [-0.15, -0.1) is 0 Å². The third kappa shape index (κ3) is 39.3. The second kappa shape index (κ2) is 66.0. The molecule has 6 aliphatic heterocycles. The number of carbonyl (C=O) groups is 9. The van der Waals surface area contributed by atoms with E-state index in [0.717, 1.165) is 21.5 Å². The van der Waals surface area contributed by atoms with E-state index in [1.54, 1.807) is 0 Å². The molecule has 8 rings (SSSR count). The minimum Gasteiger partial charge on any atom is -0.756 e. The van der Waals surface area contributed by atoms with Crippen LogP contribution in [0.1, 0.15) is 59.4 Å². The average Bonchev–Trinajstić information content (AvgIpc) is 1.36. The molecule has 134 heavy (non-hydrogen) atoms. The average molecular weight is 2030 g/mol. The van der Waals surface area contributed by atoms with Crippen LogP contribution in [-0.2, 0) is 98.8 Å². The molecule has 744 valence electrons. The zero-order valence-corrected chi connectivity index (χ0v) is 85.6. The summed E-state index contributed by atoms with van der Waals surface area (Å²) < 4.78 is 75.9. The van der Waals surface area contributed by atoms with Gasteiger partial charge < -0.3 is 243 Å². The van der Waals surface area contributed by atoms with Gasteiger partial charge in [-0.2, -0.15) is 9.97 Å². The van der Waals surface area contributed by atoms with Gasteiger partial charge in [0.15, 0.2) is 18.7 Å². The van der Waals surface area contributed by atoms with Crippen LogP contribution in [0, 0.1) is 0 Å². The first-order valence-electron chi connectivity index (χ1n) is 37.8. The molecule has 27 unspecified atom stereocenters. The number of nitrogens with zero attached hydrogens (tertiary/aromatic N) is 4. The van der Waals surface area contributed by atoms with Gasteiger partial charge in [0.2, 0.25) is 41.5 Å². The topological polar surface area (TPSA) is 1050 Å². The molecule has 33 atom stereocenters. The molecule has 6 fully saturated rings. The molecule has 0 radical (unpaired) electrons. The van der Waals surface area contributed by atoms with E-state index in [4.69, 9.17) is 76.3 Å². The number of hydrogen-bond donors (Lipinski definition) is 30. The van der Waals surface area contributed by atoms with Crippen LogP contribution in [-0.4, -0.2) is 424 Å². The van der Waals surface area contributed by atoms with Crippen molar-refractivity contribution in [2.24, 2.45) is 11.5 Å². The molecule has 0 aliphatic carbocycles. The number of aromatic nitrogens is 4. The summed E-state index contributed by atoms with van der Waals surface area (Å²) in [5, 5.41) is 252. The number of nitrogen functional groups attached to an aromatic ring is 2. The maximum atomic E-state index is 12.7. The summed E-state index contributed by atoms with van der Waals surface area (Å²) in [6.07, 6.45) is -43.6. The molecule has 0 spiro atoms. The van der Waals surface area contributed by atoms with Gasteiger partial charge in [-0.25, -0.2) is 9.59 Å². The first-order valence-corrected chi connectivity index (χ1v) is 40.7. The summed E-state index contributed by atoms with van der Waals surface area (Å²) in [4.78, 5) is 154. The summed E-state index contributed by atoms with van der Waals surface area (Å²) in [6, 6.07) is -3.46. The van der Waals surface area contributed by atoms with Gasteiger partial charge >= 0.3 is 159 Å². The molecule has 2 aromatic heterocycles. The largest absolute Gasteiger partial charge is 1.00 e. The third-order valence-electron chi connectivity index (χ3n) is 18.5. The Hall–Kier alpha value is -2.99. The second-order valence-corrected chi connectivity index (χ2v) is 29.8. The van der Waals surface area contributed by atoms with E-state index in [1.165, 1.54) is 19.2 Å². The van der Waals surface area contributed by atoms with Crippen LogP contribution in [0.25, 0.3) is 0 Å². The van der Waals surface area contributed by atoms with Gasteiger partial charge in [0.1, 0.15) is 153 Å². The number of aliphatic carboxylic acids is 3. The number of carboxylic acid groups (broad SMARTS) is 3. The van der Waals surface area contributed by atoms with Gasteiger partial charge in [-0.05, 0) is 19.2 Å². The Morgan fingerprint density at radius 1 is 0.545 bits per heavy atom. The van der Waals surface area contributed by atoms with Crippen molar-refractivity contribution < 1.29 is 379 Å². The van der Waals surface area contributed by atoms with Gasteiger partial charge in [-0.3, -0.25) is 46.5 Å². The van der Waals surface area contributed by atoms with Crippen molar-refractivity contribution in [1.29, 1.82) is 0 Å². The number of likely N-dealkylation sites (N-methyl/N-ethyl adjacent to an activating group) is 1. The molecule has 6 saturated heterocycles. The van der Waals surface area contributed by atoms with Gasteiger partial charge in [0, 0.05) is 31.7 Å². The number of anilines is 2. The monoisotopic (exact) mass is 2030 g/mol. The SMILES string of the molecule is C=O.C=O.CC.CC.CNCC(=O)NC1C(O)CC(O)(C(=O)[O-])OC1[C@H](O)[C@H](O)CO.NC1C(O)OC(CO)C(O)C1O.NCC(=O)NC1C(O)CC(OP(=O)([O-])OCC2OC(n3ccc(N)nc3=O)C(O)C2O)(C(=O)[O-])OC1[C@H](O)[C@H](O)CO.Nc1ccn(C2OC(COP(=O)([O-])OC3(C(=O)[O-])CC(O)C(NC(=O)CNC=O)C([C@H](O)[C@H](O)CO)O3)C(O)C2O)c(=O)n1.[Na+].[Na+].[Na+].[Na+].[Na+]. The van der Waals surface area contributed by atoms with E-state index in [2.05, 4.69) is 49.3 Å². The Balaban J connectivity index is -0.000000570. The number of hydrogen-bond acceptors (Lipinski definition) is 56. The Labute approximate surface area is 869 Å². The van der Waals surface area contributed by atoms with Crippen LogP contribution in [0.5, 0.6) is 0 Å². The molecule has 0 aromatic carbocycles. The maximum Gasteiger partial charge on any atom is 1.00 e. The van der Waals surface area contributed by atoms with Crippen LogP contribution in [0.3, 0.4) is 0 Å². The molecule has 0 saturated carbocycles. The van der Waals surface area contributed by atoms with E-state index in [-0.39, 0.29) is 172 Å². The zero-order chi connectivity index (χ0) is 99.6. The molecular formula is C65H110N13Na5O49P2. The van der Waals surface area contributed by atoms with E-state index < -0.39 is 323 Å². The van der Waals surface area contributed by atoms with Crippen molar-refractivity contribution in [3.63, 3.8) is 0 Å². The second-order valence-electron chi connectivity index (χ2n) is 27.1. The molecular weight excluding hydrogens is 1920 g/mol. The molecule has 8 heterocycles. The summed E-state index contributed by atoms with van der Waals surface area (Å²) in [5.41, 5.74) is 19.3. The predicted molar refractivity (Wildman–Crippen MR) is 404 cm³/mol. The van der Waals surface area contributed by atoms with Crippen LogP contribution >= 0.6 is 15.6 Å². The van der Waals surface area contributed by atoms with E-state index >= 15 is 0 Å².